The van der Waals surface area contributed by atoms with Gasteiger partial charge in [-0.15, -0.1) is 0 Å². The van der Waals surface area contributed by atoms with Gasteiger partial charge in [0, 0.05) is 6.92 Å². The molecule has 0 atom stereocenters. The molecule has 0 aliphatic carbocycles. The zero-order valence-corrected chi connectivity index (χ0v) is 11.1. The van der Waals surface area contributed by atoms with Crippen LogP contribution in [-0.4, -0.2) is 21.1 Å². The number of nitrogens with zero attached hydrogens (tertiary/aromatic N) is 3. The second-order valence-electron chi connectivity index (χ2n) is 2.39. The summed E-state index contributed by atoms with van der Waals surface area (Å²) in [6.07, 6.45) is 1.15. The molecule has 1 aromatic rings. The molecule has 0 amide bonds. The number of rotatable bonds is 4. The molecule has 0 aromatic carbocycles. The molecule has 72 valence electrons. The number of aryl methyl sites for hydroxylation is 1. The summed E-state index contributed by atoms with van der Waals surface area (Å²) >= 11 is 0. The summed E-state index contributed by atoms with van der Waals surface area (Å²) in [4.78, 5) is 17.2. The van der Waals surface area contributed by atoms with E-state index in [1.54, 1.807) is 6.92 Å². The first-order chi connectivity index (χ1) is 6.16. The summed E-state index contributed by atoms with van der Waals surface area (Å²) in [7, 11) is 0. The van der Waals surface area contributed by atoms with Crippen LogP contribution in [-0.2, 0) is 11.4 Å². The Morgan fingerprint density at radius 3 is 2.86 bits per heavy atom. The molecule has 1 heterocycles. The van der Waals surface area contributed by atoms with Crippen LogP contribution in [0.3, 0.4) is 0 Å². The smallest absolute Gasteiger partial charge is 0.723 e. The molecule has 0 fully saturated rings. The van der Waals surface area contributed by atoms with Crippen LogP contribution in [0, 0.1) is 17.0 Å². The first-order valence-corrected chi connectivity index (χ1v) is 3.58. The van der Waals surface area contributed by atoms with Crippen molar-refractivity contribution in [3.63, 3.8) is 0 Å². The van der Waals surface area contributed by atoms with Crippen LogP contribution in [0.1, 0.15) is 5.82 Å². The quantitative estimate of drug-likeness (QED) is 0.228. The van der Waals surface area contributed by atoms with Crippen molar-refractivity contribution < 1.29 is 66.5 Å². The van der Waals surface area contributed by atoms with Gasteiger partial charge in [-0.2, -0.15) is 0 Å². The summed E-state index contributed by atoms with van der Waals surface area (Å²) in [6, 6.07) is 0. The Kier molecular flexibility index (Phi) is 6.69. The second-order valence-corrected chi connectivity index (χ2v) is 2.39. The van der Waals surface area contributed by atoms with Gasteiger partial charge in [0.05, 0.1) is 6.61 Å². The predicted octanol–water partition coefficient (Wildman–Crippen LogP) is -3.60. The van der Waals surface area contributed by atoms with E-state index in [0.29, 0.717) is 5.82 Å². The second kappa shape index (κ2) is 6.61. The number of imidazole rings is 1. The predicted molar refractivity (Wildman–Crippen MR) is 39.6 cm³/mol. The molecule has 0 aliphatic heterocycles. The Labute approximate surface area is 123 Å². The van der Waals surface area contributed by atoms with Crippen molar-refractivity contribution in [2.75, 3.05) is 6.61 Å². The average Bonchev–Trinajstić information content (AvgIpc) is 2.43. The van der Waals surface area contributed by atoms with Crippen molar-refractivity contribution in [2.45, 2.75) is 13.5 Å². The topological polar surface area (TPSA) is 93.2 Å². The van der Waals surface area contributed by atoms with Crippen molar-refractivity contribution >= 4 is 5.82 Å². The fourth-order valence-electron chi connectivity index (χ4n) is 1.01. The van der Waals surface area contributed by atoms with Crippen LogP contribution < -0.4 is 56.6 Å². The number of nitro groups is 1. The molecule has 0 unspecified atom stereocenters. The zero-order valence-electron chi connectivity index (χ0n) is 7.97. The van der Waals surface area contributed by atoms with Gasteiger partial charge in [0.2, 0.25) is 0 Å². The third-order valence-corrected chi connectivity index (χ3v) is 1.62. The van der Waals surface area contributed by atoms with Gasteiger partial charge in [0.1, 0.15) is 12.7 Å². The first kappa shape index (κ1) is 14.2. The van der Waals surface area contributed by atoms with E-state index in [-0.39, 0.29) is 70.4 Å². The van der Waals surface area contributed by atoms with Gasteiger partial charge in [0.25, 0.3) is 0 Å². The molecule has 8 heteroatoms. The largest absolute Gasteiger partial charge is 1.00 e. The summed E-state index contributed by atoms with van der Waals surface area (Å²) in [5.74, 6) is 0.360. The standard InChI is InChI=1S/C6H9N3O4.K/c1-5-7-4-6(9(10)11)8(5)2-3-13-12;/h4,12H,2-3H2,1H3;/q;+1/p-1. The molecule has 1 rings (SSSR count). The van der Waals surface area contributed by atoms with E-state index in [1.807, 2.05) is 0 Å². The Morgan fingerprint density at radius 1 is 1.71 bits per heavy atom. The molecule has 0 aliphatic rings. The van der Waals surface area contributed by atoms with Crippen molar-refractivity contribution in [1.82, 2.24) is 9.55 Å². The van der Waals surface area contributed by atoms with Gasteiger partial charge in [-0.25, -0.2) is 9.55 Å². The molecule has 0 spiro atoms. The Morgan fingerprint density at radius 2 is 2.36 bits per heavy atom. The Hall–Kier alpha value is 0.166. The number of hydrogen-bond acceptors (Lipinski definition) is 5. The number of hydrogen-bond donors (Lipinski definition) is 0. The number of aromatic nitrogens is 2. The van der Waals surface area contributed by atoms with Crippen LogP contribution in [0.5, 0.6) is 0 Å². The van der Waals surface area contributed by atoms with E-state index in [1.165, 1.54) is 4.57 Å². The fourth-order valence-corrected chi connectivity index (χ4v) is 1.01. The molecule has 7 nitrogen and oxygen atoms in total. The van der Waals surface area contributed by atoms with Gasteiger partial charge in [0.15, 0.2) is 5.82 Å². The van der Waals surface area contributed by atoms with Gasteiger partial charge in [-0.3, -0.25) is 0 Å². The SMILES string of the molecule is Cc1ncc([N+](=O)[O-])n1CCO[O-].[K+]. The first-order valence-electron chi connectivity index (χ1n) is 3.58. The maximum Gasteiger partial charge on any atom is 1.00 e. The minimum atomic E-state index is -0.551. The van der Waals surface area contributed by atoms with E-state index in [4.69, 9.17) is 0 Å². The average molecular weight is 225 g/mol. The van der Waals surface area contributed by atoms with E-state index in [0.717, 1.165) is 6.20 Å². The van der Waals surface area contributed by atoms with Crippen LogP contribution in [0.15, 0.2) is 6.20 Å². The van der Waals surface area contributed by atoms with Gasteiger partial charge < -0.3 is 20.3 Å². The molecule has 0 saturated heterocycles. The molecule has 14 heavy (non-hydrogen) atoms. The molecule has 0 bridgehead atoms. The monoisotopic (exact) mass is 225 g/mol. The summed E-state index contributed by atoms with van der Waals surface area (Å²) in [6.45, 7) is 1.65. The van der Waals surface area contributed by atoms with Crippen molar-refractivity contribution in [1.29, 1.82) is 0 Å². The van der Waals surface area contributed by atoms with E-state index in [2.05, 4.69) is 9.87 Å². The molecular weight excluding hydrogens is 217 g/mol. The zero-order chi connectivity index (χ0) is 9.84. The summed E-state index contributed by atoms with van der Waals surface area (Å²) < 4.78 is 1.32. The fraction of sp³-hybridized carbons (Fsp3) is 0.500. The van der Waals surface area contributed by atoms with Crippen LogP contribution in [0.4, 0.5) is 5.82 Å². The molecule has 1 aromatic heterocycles. The third-order valence-electron chi connectivity index (χ3n) is 1.62. The van der Waals surface area contributed by atoms with Gasteiger partial charge in [-0.1, -0.05) is 0 Å². The molecular formula is C6H8KN3O4. The minimum absolute atomic E-state index is 0. The van der Waals surface area contributed by atoms with E-state index >= 15 is 0 Å². The van der Waals surface area contributed by atoms with E-state index in [9.17, 15) is 15.4 Å². The maximum absolute atomic E-state index is 10.4. The minimum Gasteiger partial charge on any atom is -0.723 e. The molecule has 0 radical (unpaired) electrons. The van der Waals surface area contributed by atoms with Crippen molar-refractivity contribution in [3.05, 3.63) is 22.1 Å². The van der Waals surface area contributed by atoms with Gasteiger partial charge >= 0.3 is 57.2 Å². The van der Waals surface area contributed by atoms with E-state index < -0.39 is 4.92 Å². The molecule has 0 saturated carbocycles. The van der Waals surface area contributed by atoms with Crippen LogP contribution in [0.25, 0.3) is 0 Å². The Balaban J connectivity index is 0.00000169. The van der Waals surface area contributed by atoms with Crippen molar-refractivity contribution in [3.8, 4) is 0 Å². The normalized spacial score (nSPS) is 9.57. The molecule has 0 N–H and O–H groups in total. The summed E-state index contributed by atoms with van der Waals surface area (Å²) in [5.41, 5.74) is 0. The van der Waals surface area contributed by atoms with Crippen LogP contribution >= 0.6 is 0 Å². The maximum atomic E-state index is 10.4. The Bertz CT molecular complexity index is 314. The van der Waals surface area contributed by atoms with Gasteiger partial charge in [-0.05, 0) is 4.92 Å². The van der Waals surface area contributed by atoms with Crippen LogP contribution in [0.2, 0.25) is 0 Å². The summed E-state index contributed by atoms with van der Waals surface area (Å²) in [5, 5.41) is 20.1. The third kappa shape index (κ3) is 3.39. The van der Waals surface area contributed by atoms with Crippen molar-refractivity contribution in [2.24, 2.45) is 0 Å².